The van der Waals surface area contributed by atoms with Crippen LogP contribution in [0.3, 0.4) is 0 Å². The van der Waals surface area contributed by atoms with Gasteiger partial charge in [-0.05, 0) is 28.7 Å². The first kappa shape index (κ1) is 24.3. The van der Waals surface area contributed by atoms with Crippen LogP contribution in [0, 0.1) is 0 Å². The maximum atomic E-state index is 9.76. The molecule has 4 rings (SSSR count). The average molecular weight is 461 g/mol. The maximum absolute atomic E-state index is 9.76. The topological polar surface area (TPSA) is 90.8 Å². The van der Waals surface area contributed by atoms with Crippen molar-refractivity contribution in [1.29, 1.82) is 0 Å². The molecule has 2 heterocycles. The molecule has 0 aliphatic heterocycles. The quantitative estimate of drug-likeness (QED) is 0.404. The molecule has 0 bridgehead atoms. The van der Waals surface area contributed by atoms with Crippen molar-refractivity contribution in [3.8, 4) is 22.5 Å². The zero-order chi connectivity index (χ0) is 20.9. The number of aliphatic hydroxyl groups excluding tert-OH is 1. The number of aliphatic hydroxyl groups is 1. The van der Waals surface area contributed by atoms with Gasteiger partial charge in [-0.2, -0.15) is 5.21 Å². The summed E-state index contributed by atoms with van der Waals surface area (Å²) < 4.78 is 2.02. The van der Waals surface area contributed by atoms with Gasteiger partial charge in [-0.15, -0.1) is 0 Å². The second-order valence-corrected chi connectivity index (χ2v) is 7.42. The van der Waals surface area contributed by atoms with Crippen LogP contribution in [0.15, 0.2) is 48.5 Å². The smallest absolute Gasteiger partial charge is 0.152 e. The van der Waals surface area contributed by atoms with Gasteiger partial charge in [0.15, 0.2) is 5.15 Å². The van der Waals surface area contributed by atoms with Gasteiger partial charge < -0.3 is 14.8 Å². The van der Waals surface area contributed by atoms with Gasteiger partial charge >= 0.3 is 0 Å². The number of rotatable bonds is 8. The van der Waals surface area contributed by atoms with Gasteiger partial charge in [0.25, 0.3) is 0 Å². The third-order valence-corrected chi connectivity index (χ3v) is 5.40. The van der Waals surface area contributed by atoms with Crippen LogP contribution in [-0.2, 0) is 19.6 Å². The Morgan fingerprint density at radius 1 is 1.06 bits per heavy atom. The van der Waals surface area contributed by atoms with Crippen molar-refractivity contribution < 1.29 is 5.11 Å². The number of tetrazole rings is 1. The van der Waals surface area contributed by atoms with Gasteiger partial charge in [0, 0.05) is 70.2 Å². The molecule has 2 aromatic carbocycles. The predicted octanol–water partition coefficient (Wildman–Crippen LogP) is 3.52. The van der Waals surface area contributed by atoms with E-state index in [4.69, 9.17) is 11.6 Å². The van der Waals surface area contributed by atoms with Gasteiger partial charge in [-0.1, -0.05) is 73.5 Å². The van der Waals surface area contributed by atoms with Crippen LogP contribution in [0.2, 0.25) is 5.15 Å². The number of hydrogen-bond donors (Lipinski definition) is 1. The third-order valence-electron chi connectivity index (χ3n) is 5.10. The van der Waals surface area contributed by atoms with Gasteiger partial charge in [0.05, 0.1) is 12.3 Å². The fraction of sp³-hybridized carbons (Fsp3) is 0.273. The summed E-state index contributed by atoms with van der Waals surface area (Å²) in [6.07, 6.45) is 2.94. The molecule has 0 saturated heterocycles. The zero-order valence-corrected chi connectivity index (χ0v) is 21.5. The predicted molar refractivity (Wildman–Crippen MR) is 121 cm³/mol. The number of hydrogen-bond acceptors (Lipinski definition) is 5. The molecular weight excluding hydrogens is 439 g/mol. The summed E-state index contributed by atoms with van der Waals surface area (Å²) >= 11 is 6.25. The first-order valence-electron chi connectivity index (χ1n) is 9.93. The Morgan fingerprint density at radius 3 is 2.45 bits per heavy atom. The second-order valence-electron chi connectivity index (χ2n) is 7.06. The molecule has 0 spiro atoms. The minimum absolute atomic E-state index is 0. The molecular formula is C22H22ClKN6O-. The number of halogens is 1. The molecule has 0 unspecified atom stereocenters. The van der Waals surface area contributed by atoms with E-state index in [-0.39, 0.29) is 58.0 Å². The van der Waals surface area contributed by atoms with E-state index in [9.17, 15) is 5.11 Å². The third kappa shape index (κ3) is 5.51. The van der Waals surface area contributed by atoms with E-state index >= 15 is 0 Å². The first-order chi connectivity index (χ1) is 14.7. The fourth-order valence-corrected chi connectivity index (χ4v) is 3.78. The van der Waals surface area contributed by atoms with E-state index in [1.54, 1.807) is 0 Å². The first-order valence-corrected chi connectivity index (χ1v) is 10.3. The van der Waals surface area contributed by atoms with Crippen LogP contribution in [0.5, 0.6) is 0 Å². The Kier molecular flexibility index (Phi) is 8.97. The molecule has 0 amide bonds. The van der Waals surface area contributed by atoms with Gasteiger partial charge in [0.2, 0.25) is 0 Å². The molecule has 9 heteroatoms. The summed E-state index contributed by atoms with van der Waals surface area (Å²) in [7, 11) is 0. The molecule has 0 aliphatic rings. The average Bonchev–Trinajstić information content (AvgIpc) is 3.41. The molecule has 0 atom stereocenters. The van der Waals surface area contributed by atoms with Crippen molar-refractivity contribution >= 4 is 63.0 Å². The van der Waals surface area contributed by atoms with E-state index < -0.39 is 0 Å². The summed E-state index contributed by atoms with van der Waals surface area (Å²) in [5, 5.41) is 25.3. The maximum Gasteiger partial charge on any atom is 0.152 e. The monoisotopic (exact) mass is 460 g/mol. The van der Waals surface area contributed by atoms with Crippen molar-refractivity contribution in [1.82, 2.24) is 30.2 Å². The van der Waals surface area contributed by atoms with Crippen molar-refractivity contribution in [3.05, 3.63) is 70.8 Å². The Labute approximate surface area is 228 Å². The molecule has 0 fully saturated rings. The molecule has 155 valence electrons. The van der Waals surface area contributed by atoms with Crippen molar-refractivity contribution in [3.63, 3.8) is 0 Å². The minimum atomic E-state index is -0.134. The summed E-state index contributed by atoms with van der Waals surface area (Å²) in [4.78, 5) is 4.46. The zero-order valence-electron chi connectivity index (χ0n) is 17.7. The number of benzene rings is 2. The van der Waals surface area contributed by atoms with Crippen LogP contribution in [0.25, 0.3) is 22.5 Å². The number of aromatic nitrogens is 6. The summed E-state index contributed by atoms with van der Waals surface area (Å²) in [6.45, 7) is 2.62. The van der Waals surface area contributed by atoms with Gasteiger partial charge in [0.1, 0.15) is 5.82 Å². The molecule has 1 N–H and O–H groups in total. The molecule has 0 aliphatic carbocycles. The van der Waals surface area contributed by atoms with E-state index in [0.717, 1.165) is 47.3 Å². The van der Waals surface area contributed by atoms with E-state index in [1.165, 1.54) is 0 Å². The van der Waals surface area contributed by atoms with Gasteiger partial charge in [-0.25, -0.2) is 4.98 Å². The van der Waals surface area contributed by atoms with E-state index in [2.05, 4.69) is 56.8 Å². The fourth-order valence-electron chi connectivity index (χ4n) is 3.52. The van der Waals surface area contributed by atoms with Crippen LogP contribution in [0.1, 0.15) is 36.8 Å². The standard InChI is InChI=1S/C22H22ClN6O.K/c1-2-3-8-20-24-21(23)19(14-30)29(20)13-15-9-11-16(12-10-15)17-6-4-5-7-18(17)22-25-27-28-26-22;/h4-7,9-12,30H,2-3,8,13-14H2,1H3;/q-1;. The number of imidazole rings is 1. The van der Waals surface area contributed by atoms with Crippen LogP contribution in [0.4, 0.5) is 0 Å². The van der Waals surface area contributed by atoms with E-state index in [0.29, 0.717) is 23.2 Å². The molecule has 4 aromatic rings. The van der Waals surface area contributed by atoms with E-state index in [1.807, 2.05) is 28.8 Å². The van der Waals surface area contributed by atoms with Crippen molar-refractivity contribution in [2.75, 3.05) is 0 Å². The Hall–Kier alpha value is -1.39. The summed E-state index contributed by atoms with van der Waals surface area (Å²) in [5.41, 5.74) is 4.72. The number of unbranched alkanes of at least 4 members (excludes halogenated alkanes) is 1. The SMILES string of the molecule is CCCCc1nc(Cl)c(CO)n1Cc1ccc(-c2ccccc2-c2nnn[n-]2)cc1.[K]. The number of nitrogens with zero attached hydrogens (tertiary/aromatic N) is 6. The molecule has 2 aromatic heterocycles. The van der Waals surface area contributed by atoms with Crippen LogP contribution < -0.4 is 5.10 Å². The van der Waals surface area contributed by atoms with Gasteiger partial charge in [-0.3, -0.25) is 10.3 Å². The Balaban J connectivity index is 0.00000272. The minimum Gasteiger partial charge on any atom is -0.390 e. The van der Waals surface area contributed by atoms with Crippen molar-refractivity contribution in [2.24, 2.45) is 0 Å². The second kappa shape index (κ2) is 11.5. The summed E-state index contributed by atoms with van der Waals surface area (Å²) in [6, 6.07) is 16.2. The largest absolute Gasteiger partial charge is 0.390 e. The molecule has 31 heavy (non-hydrogen) atoms. The van der Waals surface area contributed by atoms with Crippen LogP contribution in [-0.4, -0.2) is 81.6 Å². The Morgan fingerprint density at radius 2 is 1.81 bits per heavy atom. The molecule has 1 radical (unpaired) electrons. The molecule has 7 nitrogen and oxygen atoms in total. The number of aryl methyl sites for hydroxylation is 1. The molecule has 0 saturated carbocycles. The summed E-state index contributed by atoms with van der Waals surface area (Å²) in [5.74, 6) is 1.42. The Bertz CT molecular complexity index is 1110. The van der Waals surface area contributed by atoms with Crippen LogP contribution >= 0.6 is 11.6 Å². The normalized spacial score (nSPS) is 10.8. The van der Waals surface area contributed by atoms with Crippen molar-refractivity contribution in [2.45, 2.75) is 39.3 Å².